The van der Waals surface area contributed by atoms with Crippen molar-refractivity contribution in [2.75, 3.05) is 24.7 Å². The van der Waals surface area contributed by atoms with Gasteiger partial charge in [-0.2, -0.15) is 0 Å². The van der Waals surface area contributed by atoms with Gasteiger partial charge in [-0.1, -0.05) is 42.0 Å². The Morgan fingerprint density at radius 2 is 1.67 bits per heavy atom. The maximum Gasteiger partial charge on any atom is 0.131 e. The number of aromatic nitrogens is 2. The third-order valence-electron chi connectivity index (χ3n) is 6.99. The molecule has 3 aliphatic rings. The second kappa shape index (κ2) is 6.92. The highest BCUT2D eigenvalue weighted by molar-refractivity contribution is 5.53. The lowest BCUT2D eigenvalue weighted by Crippen LogP contribution is -2.47. The Morgan fingerprint density at radius 3 is 2.30 bits per heavy atom. The molecular formula is C26H27N3O. The van der Waals surface area contributed by atoms with E-state index in [0.29, 0.717) is 5.92 Å². The number of hydrogen-bond acceptors (Lipinski definition) is 4. The van der Waals surface area contributed by atoms with Crippen molar-refractivity contribution in [2.24, 2.45) is 0 Å². The van der Waals surface area contributed by atoms with Crippen LogP contribution in [-0.2, 0) is 23.1 Å². The van der Waals surface area contributed by atoms with Gasteiger partial charge in [0.1, 0.15) is 5.82 Å². The summed E-state index contributed by atoms with van der Waals surface area (Å²) in [5.41, 5.74) is 7.79. The van der Waals surface area contributed by atoms with Gasteiger partial charge in [0.25, 0.3) is 0 Å². The highest BCUT2D eigenvalue weighted by atomic mass is 16.5. The van der Waals surface area contributed by atoms with Crippen molar-refractivity contribution >= 4 is 5.69 Å². The zero-order chi connectivity index (χ0) is 20.1. The fraction of sp³-hybridized carbons (Fsp3) is 0.385. The molecule has 1 aromatic heterocycles. The molecule has 2 aromatic carbocycles. The number of rotatable bonds is 4. The Labute approximate surface area is 177 Å². The van der Waals surface area contributed by atoms with Crippen molar-refractivity contribution in [3.63, 3.8) is 0 Å². The van der Waals surface area contributed by atoms with E-state index in [1.807, 2.05) is 0 Å². The Hall–Kier alpha value is -2.72. The van der Waals surface area contributed by atoms with Crippen molar-refractivity contribution in [3.05, 3.63) is 88.5 Å². The van der Waals surface area contributed by atoms with Gasteiger partial charge in [0.05, 0.1) is 30.9 Å². The third-order valence-corrected chi connectivity index (χ3v) is 6.99. The number of ether oxygens (including phenoxy) is 1. The average molecular weight is 398 g/mol. The van der Waals surface area contributed by atoms with Crippen LogP contribution in [0, 0.1) is 6.92 Å². The quantitative estimate of drug-likeness (QED) is 0.648. The molecule has 1 saturated carbocycles. The molecule has 152 valence electrons. The minimum atomic E-state index is -0.00683. The SMILES string of the molecule is Cc1ccc(C2(c3ccc(N4CCc5cnc(C6CC6)nc5C4)cc3)COC2)cc1. The molecule has 1 saturated heterocycles. The molecule has 4 heteroatoms. The molecule has 1 aliphatic carbocycles. The Morgan fingerprint density at radius 1 is 0.967 bits per heavy atom. The number of anilines is 1. The lowest BCUT2D eigenvalue weighted by atomic mass is 9.73. The molecule has 30 heavy (non-hydrogen) atoms. The molecule has 0 atom stereocenters. The van der Waals surface area contributed by atoms with E-state index in [9.17, 15) is 0 Å². The van der Waals surface area contributed by atoms with E-state index >= 15 is 0 Å². The molecule has 2 fully saturated rings. The van der Waals surface area contributed by atoms with Crippen LogP contribution < -0.4 is 4.90 Å². The summed E-state index contributed by atoms with van der Waals surface area (Å²) in [6, 6.07) is 18.1. The van der Waals surface area contributed by atoms with Crippen molar-refractivity contribution in [1.82, 2.24) is 9.97 Å². The molecule has 6 rings (SSSR count). The van der Waals surface area contributed by atoms with Crippen LogP contribution in [0.5, 0.6) is 0 Å². The highest BCUT2D eigenvalue weighted by Crippen LogP contribution is 2.40. The molecule has 4 nitrogen and oxygen atoms in total. The Balaban J connectivity index is 1.25. The fourth-order valence-corrected chi connectivity index (χ4v) is 4.75. The van der Waals surface area contributed by atoms with Gasteiger partial charge in [-0.15, -0.1) is 0 Å². The largest absolute Gasteiger partial charge is 0.379 e. The van der Waals surface area contributed by atoms with E-state index in [1.165, 1.54) is 46.5 Å². The lowest BCUT2D eigenvalue weighted by molar-refractivity contribution is -0.0379. The van der Waals surface area contributed by atoms with Crippen molar-refractivity contribution in [3.8, 4) is 0 Å². The fourth-order valence-electron chi connectivity index (χ4n) is 4.75. The smallest absolute Gasteiger partial charge is 0.131 e. The lowest BCUT2D eigenvalue weighted by Gasteiger charge is -2.43. The van der Waals surface area contributed by atoms with Gasteiger partial charge in [0, 0.05) is 24.3 Å². The van der Waals surface area contributed by atoms with Gasteiger partial charge in [-0.05, 0) is 55.0 Å². The molecule has 0 amide bonds. The monoisotopic (exact) mass is 397 g/mol. The topological polar surface area (TPSA) is 38.2 Å². The van der Waals surface area contributed by atoms with Gasteiger partial charge in [0.15, 0.2) is 0 Å². The standard InChI is InChI=1S/C26H27N3O/c1-18-2-6-21(7-3-18)26(16-30-17-26)22-8-10-23(11-9-22)29-13-12-20-14-27-25(19-4-5-19)28-24(20)15-29/h2-3,6-11,14,19H,4-5,12-13,15-17H2,1H3. The third kappa shape index (κ3) is 3.02. The number of fused-ring (bicyclic) bond motifs is 1. The zero-order valence-corrected chi connectivity index (χ0v) is 17.5. The van der Waals surface area contributed by atoms with Crippen LogP contribution in [0.2, 0.25) is 0 Å². The van der Waals surface area contributed by atoms with Gasteiger partial charge in [0.2, 0.25) is 0 Å². The van der Waals surface area contributed by atoms with Crippen molar-refractivity contribution < 1.29 is 4.74 Å². The van der Waals surface area contributed by atoms with Crippen molar-refractivity contribution in [1.29, 1.82) is 0 Å². The van der Waals surface area contributed by atoms with Crippen LogP contribution in [-0.4, -0.2) is 29.7 Å². The van der Waals surface area contributed by atoms with Crippen LogP contribution in [0.1, 0.15) is 52.5 Å². The molecule has 3 aromatic rings. The van der Waals surface area contributed by atoms with Gasteiger partial charge >= 0.3 is 0 Å². The first-order valence-corrected chi connectivity index (χ1v) is 11.1. The molecule has 0 N–H and O–H groups in total. The summed E-state index contributed by atoms with van der Waals surface area (Å²) in [6.45, 7) is 5.55. The molecular weight excluding hydrogens is 370 g/mol. The number of nitrogens with zero attached hydrogens (tertiary/aromatic N) is 3. The summed E-state index contributed by atoms with van der Waals surface area (Å²) in [5.74, 6) is 1.66. The second-order valence-electron chi connectivity index (χ2n) is 9.13. The molecule has 0 spiro atoms. The van der Waals surface area contributed by atoms with Crippen LogP contribution in [0.15, 0.2) is 54.7 Å². The number of hydrogen-bond donors (Lipinski definition) is 0. The predicted octanol–water partition coefficient (Wildman–Crippen LogP) is 4.54. The maximum absolute atomic E-state index is 5.67. The van der Waals surface area contributed by atoms with Crippen LogP contribution in [0.4, 0.5) is 5.69 Å². The van der Waals surface area contributed by atoms with Crippen LogP contribution in [0.3, 0.4) is 0 Å². The Bertz CT molecular complexity index is 1070. The van der Waals surface area contributed by atoms with E-state index in [-0.39, 0.29) is 5.41 Å². The maximum atomic E-state index is 5.67. The summed E-state index contributed by atoms with van der Waals surface area (Å²) in [7, 11) is 0. The first kappa shape index (κ1) is 18.1. The summed E-state index contributed by atoms with van der Waals surface area (Å²) in [4.78, 5) is 12.0. The van der Waals surface area contributed by atoms with E-state index in [1.54, 1.807) is 0 Å². The average Bonchev–Trinajstić information content (AvgIpc) is 3.60. The van der Waals surface area contributed by atoms with E-state index in [0.717, 1.165) is 38.5 Å². The molecule has 0 radical (unpaired) electrons. The minimum absolute atomic E-state index is 0.00683. The first-order valence-electron chi connectivity index (χ1n) is 11.1. The highest BCUT2D eigenvalue weighted by Gasteiger charge is 2.42. The van der Waals surface area contributed by atoms with Gasteiger partial charge < -0.3 is 9.64 Å². The minimum Gasteiger partial charge on any atom is -0.379 e. The summed E-state index contributed by atoms with van der Waals surface area (Å²) in [6.07, 6.45) is 5.58. The summed E-state index contributed by atoms with van der Waals surface area (Å²) >= 11 is 0. The summed E-state index contributed by atoms with van der Waals surface area (Å²) < 4.78 is 5.67. The zero-order valence-electron chi connectivity index (χ0n) is 17.5. The molecule has 2 aliphatic heterocycles. The Kier molecular flexibility index (Phi) is 4.17. The molecule has 0 bridgehead atoms. The van der Waals surface area contributed by atoms with E-state index in [2.05, 4.69) is 71.5 Å². The first-order chi connectivity index (χ1) is 14.7. The summed E-state index contributed by atoms with van der Waals surface area (Å²) in [5, 5.41) is 0. The van der Waals surface area contributed by atoms with Gasteiger partial charge in [-0.3, -0.25) is 0 Å². The number of aryl methyl sites for hydroxylation is 1. The number of benzene rings is 2. The molecule has 3 heterocycles. The second-order valence-corrected chi connectivity index (χ2v) is 9.13. The van der Waals surface area contributed by atoms with Gasteiger partial charge in [-0.25, -0.2) is 9.97 Å². The van der Waals surface area contributed by atoms with Crippen molar-refractivity contribution in [2.45, 2.75) is 44.1 Å². The van der Waals surface area contributed by atoms with Crippen LogP contribution >= 0.6 is 0 Å². The normalized spacial score (nSPS) is 19.8. The van der Waals surface area contributed by atoms with Crippen LogP contribution in [0.25, 0.3) is 0 Å². The van der Waals surface area contributed by atoms with E-state index < -0.39 is 0 Å². The predicted molar refractivity (Wildman–Crippen MR) is 118 cm³/mol. The van der Waals surface area contributed by atoms with E-state index in [4.69, 9.17) is 9.72 Å². The molecule has 0 unspecified atom stereocenters.